The van der Waals surface area contributed by atoms with Crippen molar-refractivity contribution in [3.8, 4) is 0 Å². The Kier molecular flexibility index (Phi) is 5.45. The summed E-state index contributed by atoms with van der Waals surface area (Å²) in [6.45, 7) is 3.50. The van der Waals surface area contributed by atoms with Gasteiger partial charge in [-0.3, -0.25) is 4.79 Å². The van der Waals surface area contributed by atoms with E-state index in [1.54, 1.807) is 13.0 Å². The molecule has 1 amide bonds. The van der Waals surface area contributed by atoms with Crippen molar-refractivity contribution in [3.63, 3.8) is 0 Å². The van der Waals surface area contributed by atoms with Crippen LogP contribution in [0.15, 0.2) is 24.3 Å². The molecule has 0 radical (unpaired) electrons. The van der Waals surface area contributed by atoms with Gasteiger partial charge >= 0.3 is 6.18 Å². The van der Waals surface area contributed by atoms with Gasteiger partial charge < -0.3 is 10.1 Å². The molecule has 0 bridgehead atoms. The predicted molar refractivity (Wildman–Crippen MR) is 76.4 cm³/mol. The van der Waals surface area contributed by atoms with Gasteiger partial charge in [0.05, 0.1) is 12.2 Å². The molecule has 0 unspecified atom stereocenters. The lowest BCUT2D eigenvalue weighted by Crippen LogP contribution is -2.30. The second kappa shape index (κ2) is 7.13. The summed E-state index contributed by atoms with van der Waals surface area (Å²) in [4.78, 5) is 11.9. The van der Waals surface area contributed by atoms with Crippen LogP contribution in [-0.2, 0) is 15.7 Å². The van der Waals surface area contributed by atoms with Gasteiger partial charge in [0.15, 0.2) is 0 Å². The Morgan fingerprint density at radius 1 is 1.41 bits per heavy atom. The molecule has 0 aliphatic carbocycles. The molecule has 1 heterocycles. The Morgan fingerprint density at radius 3 is 2.77 bits per heavy atom. The zero-order valence-corrected chi connectivity index (χ0v) is 12.5. The smallest absolute Gasteiger partial charge is 0.381 e. The van der Waals surface area contributed by atoms with Crippen LogP contribution in [0.2, 0.25) is 0 Å². The number of hydrogen-bond acceptors (Lipinski definition) is 2. The van der Waals surface area contributed by atoms with Gasteiger partial charge in [0, 0.05) is 25.5 Å². The summed E-state index contributed by atoms with van der Waals surface area (Å²) in [6, 6.07) is 5.42. The highest BCUT2D eigenvalue weighted by atomic mass is 19.4. The third-order valence-electron chi connectivity index (χ3n) is 3.90. The topological polar surface area (TPSA) is 38.3 Å². The Bertz CT molecular complexity index is 510. The SMILES string of the molecule is C[C@H](CC(=O)NC[C@H]1CCOC1)c1ccccc1C(F)(F)F. The molecule has 0 spiro atoms. The maximum absolute atomic E-state index is 13.0. The van der Waals surface area contributed by atoms with E-state index in [9.17, 15) is 18.0 Å². The van der Waals surface area contributed by atoms with Crippen LogP contribution in [0.3, 0.4) is 0 Å². The number of benzene rings is 1. The van der Waals surface area contributed by atoms with Crippen LogP contribution in [0.25, 0.3) is 0 Å². The third kappa shape index (κ3) is 4.47. The molecule has 1 fully saturated rings. The fourth-order valence-corrected chi connectivity index (χ4v) is 2.65. The van der Waals surface area contributed by atoms with Crippen LogP contribution in [0.5, 0.6) is 0 Å². The quantitative estimate of drug-likeness (QED) is 0.905. The van der Waals surface area contributed by atoms with Gasteiger partial charge in [-0.05, 0) is 24.0 Å². The maximum Gasteiger partial charge on any atom is 0.416 e. The van der Waals surface area contributed by atoms with Crippen LogP contribution in [0, 0.1) is 5.92 Å². The molecule has 122 valence electrons. The molecule has 2 rings (SSSR count). The summed E-state index contributed by atoms with van der Waals surface area (Å²) in [7, 11) is 0. The summed E-state index contributed by atoms with van der Waals surface area (Å²) in [5.41, 5.74) is -0.506. The molecule has 0 aromatic heterocycles. The minimum Gasteiger partial charge on any atom is -0.381 e. The van der Waals surface area contributed by atoms with Gasteiger partial charge in [-0.2, -0.15) is 13.2 Å². The monoisotopic (exact) mass is 315 g/mol. The summed E-state index contributed by atoms with van der Waals surface area (Å²) in [5.74, 6) is -0.407. The van der Waals surface area contributed by atoms with E-state index >= 15 is 0 Å². The van der Waals surface area contributed by atoms with Gasteiger partial charge in [0.25, 0.3) is 0 Å². The van der Waals surface area contributed by atoms with Gasteiger partial charge in [-0.15, -0.1) is 0 Å². The van der Waals surface area contributed by atoms with Crippen LogP contribution >= 0.6 is 0 Å². The zero-order chi connectivity index (χ0) is 16.2. The van der Waals surface area contributed by atoms with Gasteiger partial charge in [-0.1, -0.05) is 25.1 Å². The second-order valence-electron chi connectivity index (χ2n) is 5.72. The van der Waals surface area contributed by atoms with Crippen molar-refractivity contribution in [1.29, 1.82) is 0 Å². The average Bonchev–Trinajstić information content (AvgIpc) is 2.97. The Hall–Kier alpha value is -1.56. The van der Waals surface area contributed by atoms with Gasteiger partial charge in [0.2, 0.25) is 5.91 Å². The van der Waals surface area contributed by atoms with Crippen molar-refractivity contribution in [2.75, 3.05) is 19.8 Å². The standard InChI is InChI=1S/C16H20F3NO2/c1-11(8-15(21)20-9-12-6-7-22-10-12)13-4-2-3-5-14(13)16(17,18)19/h2-5,11-12H,6-10H2,1H3,(H,20,21)/t11-,12-/m1/s1. The summed E-state index contributed by atoms with van der Waals surface area (Å²) < 4.78 is 44.2. The number of nitrogens with one attached hydrogen (secondary N) is 1. The van der Waals surface area contributed by atoms with E-state index in [1.807, 2.05) is 0 Å². The van der Waals surface area contributed by atoms with Crippen molar-refractivity contribution in [3.05, 3.63) is 35.4 Å². The first kappa shape index (κ1) is 16.8. The lowest BCUT2D eigenvalue weighted by molar-refractivity contribution is -0.138. The van der Waals surface area contributed by atoms with Crippen LogP contribution in [0.4, 0.5) is 13.2 Å². The van der Waals surface area contributed by atoms with Crippen molar-refractivity contribution in [2.24, 2.45) is 5.92 Å². The molecular formula is C16H20F3NO2. The minimum absolute atomic E-state index is 0.0423. The van der Waals surface area contributed by atoms with Gasteiger partial charge in [0.1, 0.15) is 0 Å². The average molecular weight is 315 g/mol. The Morgan fingerprint density at radius 2 is 2.14 bits per heavy atom. The summed E-state index contributed by atoms with van der Waals surface area (Å²) >= 11 is 0. The number of carbonyl (C=O) groups is 1. The highest BCUT2D eigenvalue weighted by Gasteiger charge is 2.34. The van der Waals surface area contributed by atoms with E-state index in [4.69, 9.17) is 4.74 Å². The molecule has 1 aromatic rings. The number of hydrogen-bond donors (Lipinski definition) is 1. The first-order valence-corrected chi connectivity index (χ1v) is 7.38. The van der Waals surface area contributed by atoms with Crippen molar-refractivity contribution < 1.29 is 22.7 Å². The maximum atomic E-state index is 13.0. The van der Waals surface area contributed by atoms with Crippen LogP contribution < -0.4 is 5.32 Å². The van der Waals surface area contributed by atoms with Crippen molar-refractivity contribution in [2.45, 2.75) is 31.9 Å². The summed E-state index contributed by atoms with van der Waals surface area (Å²) in [6.07, 6.45) is -3.45. The molecule has 6 heteroatoms. The molecular weight excluding hydrogens is 295 g/mol. The molecule has 22 heavy (non-hydrogen) atoms. The second-order valence-corrected chi connectivity index (χ2v) is 5.72. The van der Waals surface area contributed by atoms with E-state index in [-0.39, 0.29) is 17.9 Å². The van der Waals surface area contributed by atoms with Crippen molar-refractivity contribution in [1.82, 2.24) is 5.32 Å². The lowest BCUT2D eigenvalue weighted by atomic mass is 9.92. The van der Waals surface area contributed by atoms with Crippen LogP contribution in [-0.4, -0.2) is 25.7 Å². The lowest BCUT2D eigenvalue weighted by Gasteiger charge is -2.18. The number of alkyl halides is 3. The highest BCUT2D eigenvalue weighted by molar-refractivity contribution is 5.76. The Balaban J connectivity index is 1.94. The first-order valence-electron chi connectivity index (χ1n) is 7.38. The third-order valence-corrected chi connectivity index (χ3v) is 3.90. The summed E-state index contributed by atoms with van der Waals surface area (Å²) in [5, 5.41) is 2.78. The molecule has 1 aliphatic heterocycles. The number of halogens is 3. The van der Waals surface area contributed by atoms with E-state index < -0.39 is 17.7 Å². The van der Waals surface area contributed by atoms with E-state index in [0.29, 0.717) is 25.7 Å². The highest BCUT2D eigenvalue weighted by Crippen LogP contribution is 2.35. The van der Waals surface area contributed by atoms with Crippen LogP contribution in [0.1, 0.15) is 36.8 Å². The normalized spacial score (nSPS) is 19.9. The van der Waals surface area contributed by atoms with E-state index in [0.717, 1.165) is 12.5 Å². The molecule has 3 nitrogen and oxygen atoms in total. The minimum atomic E-state index is -4.40. The number of rotatable bonds is 5. The molecule has 1 aromatic carbocycles. The zero-order valence-electron chi connectivity index (χ0n) is 12.5. The number of amides is 1. The molecule has 0 saturated carbocycles. The predicted octanol–water partition coefficient (Wildman–Crippen LogP) is 3.35. The molecule has 1 aliphatic rings. The fraction of sp³-hybridized carbons (Fsp3) is 0.562. The number of ether oxygens (including phenoxy) is 1. The van der Waals surface area contributed by atoms with E-state index in [1.165, 1.54) is 12.1 Å². The molecule has 1 saturated heterocycles. The largest absolute Gasteiger partial charge is 0.416 e. The fourth-order valence-electron chi connectivity index (χ4n) is 2.65. The van der Waals surface area contributed by atoms with Gasteiger partial charge in [-0.25, -0.2) is 0 Å². The molecule has 1 N–H and O–H groups in total. The first-order chi connectivity index (χ1) is 10.4. The molecule has 2 atom stereocenters. The number of carbonyl (C=O) groups excluding carboxylic acids is 1. The van der Waals surface area contributed by atoms with Crippen molar-refractivity contribution >= 4 is 5.91 Å². The Labute approximate surface area is 127 Å². The van der Waals surface area contributed by atoms with E-state index in [2.05, 4.69) is 5.32 Å².